The molecule has 0 bridgehead atoms. The molecule has 30 heavy (non-hydrogen) atoms. The van der Waals surface area contributed by atoms with Crippen LogP contribution in [0.1, 0.15) is 21.8 Å². The van der Waals surface area contributed by atoms with E-state index >= 15 is 0 Å². The Labute approximate surface area is 173 Å². The maximum atomic E-state index is 14.2. The standard InChI is InChI=1S/C19H15ClF4N4O2/c1-10-14(21)6-12(18(29)26-9-19(22,23)24)7-15(10)25-8-16-27-17(28-30-16)11-2-4-13(20)5-3-11/h2-7,25H,8-9H2,1H3,(H,26,29). The number of carbonyl (C=O) groups is 1. The normalized spacial score (nSPS) is 11.4. The van der Waals surface area contributed by atoms with E-state index in [1.54, 1.807) is 29.6 Å². The Bertz CT molecular complexity index is 1050. The number of anilines is 1. The number of nitrogens with one attached hydrogen (secondary N) is 2. The Morgan fingerprint density at radius 1 is 1.20 bits per heavy atom. The van der Waals surface area contributed by atoms with Gasteiger partial charge >= 0.3 is 6.18 Å². The lowest BCUT2D eigenvalue weighted by molar-refractivity contribution is -0.123. The largest absolute Gasteiger partial charge is 0.405 e. The van der Waals surface area contributed by atoms with Crippen LogP contribution < -0.4 is 10.6 Å². The fourth-order valence-corrected chi connectivity index (χ4v) is 2.62. The number of halogens is 5. The molecule has 1 aromatic heterocycles. The molecule has 0 saturated heterocycles. The van der Waals surface area contributed by atoms with Gasteiger partial charge in [0.25, 0.3) is 5.91 Å². The lowest BCUT2D eigenvalue weighted by Gasteiger charge is -2.12. The molecule has 0 aliphatic rings. The predicted molar refractivity (Wildman–Crippen MR) is 102 cm³/mol. The highest BCUT2D eigenvalue weighted by atomic mass is 35.5. The highest BCUT2D eigenvalue weighted by molar-refractivity contribution is 6.30. The number of hydrogen-bond acceptors (Lipinski definition) is 5. The highest BCUT2D eigenvalue weighted by Gasteiger charge is 2.28. The molecule has 0 aliphatic heterocycles. The fourth-order valence-electron chi connectivity index (χ4n) is 2.49. The molecule has 3 aromatic rings. The Hall–Kier alpha value is -3.14. The van der Waals surface area contributed by atoms with Gasteiger partial charge in [0, 0.05) is 27.4 Å². The van der Waals surface area contributed by atoms with Crippen molar-refractivity contribution < 1.29 is 26.9 Å². The molecule has 0 fully saturated rings. The molecule has 0 atom stereocenters. The predicted octanol–water partition coefficient (Wildman–Crippen LogP) is 4.74. The molecule has 1 amide bonds. The van der Waals surface area contributed by atoms with Crippen molar-refractivity contribution in [1.29, 1.82) is 0 Å². The second kappa shape index (κ2) is 8.70. The van der Waals surface area contributed by atoms with E-state index in [0.717, 1.165) is 6.07 Å². The molecule has 6 nitrogen and oxygen atoms in total. The molecule has 0 spiro atoms. The van der Waals surface area contributed by atoms with Crippen molar-refractivity contribution in [3.8, 4) is 11.4 Å². The number of carbonyl (C=O) groups excluding carboxylic acids is 1. The lowest BCUT2D eigenvalue weighted by Crippen LogP contribution is -2.33. The van der Waals surface area contributed by atoms with Crippen LogP contribution in [0.5, 0.6) is 0 Å². The Kier molecular flexibility index (Phi) is 6.25. The van der Waals surface area contributed by atoms with E-state index < -0.39 is 24.4 Å². The van der Waals surface area contributed by atoms with Crippen molar-refractivity contribution >= 4 is 23.2 Å². The second-order valence-corrected chi connectivity index (χ2v) is 6.74. The van der Waals surface area contributed by atoms with Crippen LogP contribution in [0.15, 0.2) is 40.9 Å². The van der Waals surface area contributed by atoms with Gasteiger partial charge in [-0.15, -0.1) is 0 Å². The first-order chi connectivity index (χ1) is 14.1. The van der Waals surface area contributed by atoms with Gasteiger partial charge < -0.3 is 15.2 Å². The topological polar surface area (TPSA) is 80.0 Å². The van der Waals surface area contributed by atoms with Crippen molar-refractivity contribution in [3.05, 3.63) is 64.3 Å². The fraction of sp³-hybridized carbons (Fsp3) is 0.211. The number of amides is 1. The zero-order valence-corrected chi connectivity index (χ0v) is 16.2. The minimum Gasteiger partial charge on any atom is -0.376 e. The van der Waals surface area contributed by atoms with E-state index in [4.69, 9.17) is 16.1 Å². The summed E-state index contributed by atoms with van der Waals surface area (Å²) in [6, 6.07) is 8.90. The molecule has 2 N–H and O–H groups in total. The van der Waals surface area contributed by atoms with Crippen molar-refractivity contribution in [3.63, 3.8) is 0 Å². The van der Waals surface area contributed by atoms with Gasteiger partial charge in [-0.3, -0.25) is 4.79 Å². The molecule has 1 heterocycles. The van der Waals surface area contributed by atoms with Gasteiger partial charge in [0.15, 0.2) is 0 Å². The van der Waals surface area contributed by atoms with Crippen molar-refractivity contribution in [2.45, 2.75) is 19.6 Å². The zero-order chi connectivity index (χ0) is 21.9. The van der Waals surface area contributed by atoms with Gasteiger partial charge in [0.2, 0.25) is 11.7 Å². The summed E-state index contributed by atoms with van der Waals surface area (Å²) in [6.07, 6.45) is -4.57. The Morgan fingerprint density at radius 2 is 1.90 bits per heavy atom. The summed E-state index contributed by atoms with van der Waals surface area (Å²) in [6.45, 7) is -0.0456. The molecule has 158 valence electrons. The Morgan fingerprint density at radius 3 is 2.57 bits per heavy atom. The van der Waals surface area contributed by atoms with Gasteiger partial charge in [0.1, 0.15) is 12.4 Å². The second-order valence-electron chi connectivity index (χ2n) is 6.30. The molecule has 11 heteroatoms. The molecule has 0 saturated carbocycles. The monoisotopic (exact) mass is 442 g/mol. The smallest absolute Gasteiger partial charge is 0.376 e. The Balaban J connectivity index is 1.71. The van der Waals surface area contributed by atoms with Crippen LogP contribution in [0.2, 0.25) is 5.02 Å². The van der Waals surface area contributed by atoms with Gasteiger partial charge in [-0.2, -0.15) is 18.2 Å². The number of alkyl halides is 3. The third-order valence-corrected chi connectivity index (χ3v) is 4.31. The van der Waals surface area contributed by atoms with E-state index in [1.165, 1.54) is 13.0 Å². The summed E-state index contributed by atoms with van der Waals surface area (Å²) in [4.78, 5) is 16.1. The van der Waals surface area contributed by atoms with Crippen LogP contribution in [0.25, 0.3) is 11.4 Å². The highest BCUT2D eigenvalue weighted by Crippen LogP contribution is 2.23. The summed E-state index contributed by atoms with van der Waals surface area (Å²) in [5, 5.41) is 8.96. The summed E-state index contributed by atoms with van der Waals surface area (Å²) < 4.78 is 56.1. The minimum absolute atomic E-state index is 0.00843. The van der Waals surface area contributed by atoms with Crippen LogP contribution in [0.4, 0.5) is 23.2 Å². The molecule has 3 rings (SSSR count). The lowest BCUT2D eigenvalue weighted by atomic mass is 10.1. The number of aromatic nitrogens is 2. The van der Waals surface area contributed by atoms with Crippen LogP contribution in [0, 0.1) is 12.7 Å². The number of nitrogens with zero attached hydrogens (tertiary/aromatic N) is 2. The first kappa shape index (κ1) is 21.6. The van der Waals surface area contributed by atoms with Crippen LogP contribution in [-0.2, 0) is 6.54 Å². The van der Waals surface area contributed by atoms with Gasteiger partial charge in [-0.05, 0) is 43.3 Å². The first-order valence-electron chi connectivity index (χ1n) is 8.60. The van der Waals surface area contributed by atoms with Crippen LogP contribution >= 0.6 is 11.6 Å². The molecule has 0 unspecified atom stereocenters. The van der Waals surface area contributed by atoms with E-state index in [0.29, 0.717) is 16.4 Å². The zero-order valence-electron chi connectivity index (χ0n) is 15.5. The van der Waals surface area contributed by atoms with Gasteiger partial charge in [0.05, 0.1) is 6.54 Å². The van der Waals surface area contributed by atoms with E-state index in [9.17, 15) is 22.4 Å². The van der Waals surface area contributed by atoms with E-state index in [-0.39, 0.29) is 29.2 Å². The minimum atomic E-state index is -4.57. The maximum absolute atomic E-state index is 14.2. The summed E-state index contributed by atoms with van der Waals surface area (Å²) in [5.41, 5.74) is 0.815. The summed E-state index contributed by atoms with van der Waals surface area (Å²) in [5.74, 6) is -1.28. The molecule has 0 radical (unpaired) electrons. The molecule has 0 aliphatic carbocycles. The number of benzene rings is 2. The van der Waals surface area contributed by atoms with Crippen molar-refractivity contribution in [1.82, 2.24) is 15.5 Å². The van der Waals surface area contributed by atoms with Crippen molar-refractivity contribution in [2.75, 3.05) is 11.9 Å². The summed E-state index contributed by atoms with van der Waals surface area (Å²) >= 11 is 5.84. The number of rotatable bonds is 6. The van der Waals surface area contributed by atoms with E-state index in [1.807, 2.05) is 0 Å². The quantitative estimate of drug-likeness (QED) is 0.539. The average molecular weight is 443 g/mol. The van der Waals surface area contributed by atoms with Crippen LogP contribution in [0.3, 0.4) is 0 Å². The third-order valence-electron chi connectivity index (χ3n) is 4.06. The molecular weight excluding hydrogens is 428 g/mol. The van der Waals surface area contributed by atoms with Gasteiger partial charge in [-0.1, -0.05) is 16.8 Å². The molecule has 2 aromatic carbocycles. The van der Waals surface area contributed by atoms with E-state index in [2.05, 4.69) is 15.5 Å². The SMILES string of the molecule is Cc1c(F)cc(C(=O)NCC(F)(F)F)cc1NCc1nc(-c2ccc(Cl)cc2)no1. The first-order valence-corrected chi connectivity index (χ1v) is 8.97. The molecular formula is C19H15ClF4N4O2. The van der Waals surface area contributed by atoms with Crippen molar-refractivity contribution in [2.24, 2.45) is 0 Å². The number of hydrogen-bond donors (Lipinski definition) is 2. The van der Waals surface area contributed by atoms with Gasteiger partial charge in [-0.25, -0.2) is 4.39 Å². The average Bonchev–Trinajstić information content (AvgIpc) is 3.16. The van der Waals surface area contributed by atoms with Crippen LogP contribution in [-0.4, -0.2) is 28.8 Å². The third kappa shape index (κ3) is 5.47. The summed E-state index contributed by atoms with van der Waals surface area (Å²) in [7, 11) is 0. The maximum Gasteiger partial charge on any atom is 0.405 e.